The van der Waals surface area contributed by atoms with E-state index in [-0.39, 0.29) is 24.2 Å². The molecule has 2 saturated heterocycles. The summed E-state index contributed by atoms with van der Waals surface area (Å²) in [5, 5.41) is 12.3. The fraction of sp³-hybridized carbons (Fsp3) is 0.500. The van der Waals surface area contributed by atoms with Gasteiger partial charge in [0.05, 0.1) is 6.42 Å². The molecule has 0 amide bonds. The molecule has 0 aliphatic carbocycles. The van der Waals surface area contributed by atoms with Crippen LogP contribution in [-0.2, 0) is 14.3 Å². The quantitative estimate of drug-likeness (QED) is 0.650. The number of hydrogen-bond acceptors (Lipinski definition) is 5. The first-order chi connectivity index (χ1) is 10.5. The number of carbonyl (C=O) groups is 2. The number of nitrogens with one attached hydrogen (secondary N) is 1. The predicted octanol–water partition coefficient (Wildman–Crippen LogP) is 1.77. The molecule has 3 rings (SSSR count). The minimum Gasteiger partial charge on any atom is -0.480 e. The van der Waals surface area contributed by atoms with Crippen LogP contribution in [0.15, 0.2) is 35.2 Å². The number of fused-ring (bicyclic) bond motifs is 1. The van der Waals surface area contributed by atoms with Crippen LogP contribution in [0.4, 0.5) is 0 Å². The van der Waals surface area contributed by atoms with Gasteiger partial charge in [-0.25, -0.2) is 0 Å². The van der Waals surface area contributed by atoms with Crippen LogP contribution in [0.1, 0.15) is 13.3 Å². The highest BCUT2D eigenvalue weighted by Crippen LogP contribution is 2.43. The van der Waals surface area contributed by atoms with E-state index in [2.05, 4.69) is 5.32 Å². The first-order valence-corrected chi connectivity index (χ1v) is 8.34. The zero-order valence-electron chi connectivity index (χ0n) is 12.3. The van der Waals surface area contributed by atoms with Crippen molar-refractivity contribution in [3.05, 3.63) is 30.3 Å². The number of thioether (sulfide) groups is 1. The number of cyclic esters (lactones) is 1. The third-order valence-electron chi connectivity index (χ3n) is 4.57. The standard InChI is InChI=1S/C16H19NO4S/c1-16(9-22-10-5-3-2-4-6-10)12-8-17-14(15(19)20)11(12)7-13(18)21-16/h2-6,11-12,14,17H,7-9H2,1H3,(H,19,20)/t11-,12-,14-,16?/m0/s1. The van der Waals surface area contributed by atoms with Gasteiger partial charge in [-0.3, -0.25) is 9.59 Å². The molecule has 0 saturated carbocycles. The van der Waals surface area contributed by atoms with Crippen LogP contribution >= 0.6 is 11.8 Å². The van der Waals surface area contributed by atoms with Crippen LogP contribution in [0.2, 0.25) is 0 Å². The number of carboxylic acid groups (broad SMARTS) is 1. The van der Waals surface area contributed by atoms with E-state index >= 15 is 0 Å². The number of carboxylic acids is 1. The zero-order valence-corrected chi connectivity index (χ0v) is 13.1. The Hall–Kier alpha value is -1.53. The first kappa shape index (κ1) is 15.4. The molecule has 0 bridgehead atoms. The molecule has 22 heavy (non-hydrogen) atoms. The lowest BCUT2D eigenvalue weighted by atomic mass is 9.76. The first-order valence-electron chi connectivity index (χ1n) is 7.35. The molecule has 0 radical (unpaired) electrons. The summed E-state index contributed by atoms with van der Waals surface area (Å²) in [7, 11) is 0. The van der Waals surface area contributed by atoms with Gasteiger partial charge in [0.15, 0.2) is 0 Å². The maximum atomic E-state index is 11.9. The van der Waals surface area contributed by atoms with E-state index in [0.29, 0.717) is 12.3 Å². The van der Waals surface area contributed by atoms with Crippen LogP contribution in [0.25, 0.3) is 0 Å². The molecule has 6 heteroatoms. The lowest BCUT2D eigenvalue weighted by Crippen LogP contribution is -2.51. The molecule has 1 aromatic carbocycles. The Bertz CT molecular complexity index is 579. The molecule has 2 heterocycles. The maximum Gasteiger partial charge on any atom is 0.321 e. The highest BCUT2D eigenvalue weighted by molar-refractivity contribution is 7.99. The van der Waals surface area contributed by atoms with Crippen LogP contribution in [0.3, 0.4) is 0 Å². The number of benzene rings is 1. The van der Waals surface area contributed by atoms with Gasteiger partial charge in [-0.2, -0.15) is 0 Å². The number of ether oxygens (including phenoxy) is 1. The Morgan fingerprint density at radius 2 is 2.18 bits per heavy atom. The van der Waals surface area contributed by atoms with Gasteiger partial charge in [0.2, 0.25) is 0 Å². The summed E-state index contributed by atoms with van der Waals surface area (Å²) in [5.41, 5.74) is -0.641. The fourth-order valence-electron chi connectivity index (χ4n) is 3.44. The number of hydrogen-bond donors (Lipinski definition) is 2. The lowest BCUT2D eigenvalue weighted by Gasteiger charge is -2.42. The number of esters is 1. The molecular weight excluding hydrogens is 302 g/mol. The van der Waals surface area contributed by atoms with Crippen molar-refractivity contribution in [1.29, 1.82) is 0 Å². The van der Waals surface area contributed by atoms with Crippen molar-refractivity contribution in [2.24, 2.45) is 11.8 Å². The Morgan fingerprint density at radius 3 is 2.86 bits per heavy atom. The third kappa shape index (κ3) is 2.85. The van der Waals surface area contributed by atoms with E-state index in [9.17, 15) is 14.7 Å². The molecule has 0 spiro atoms. The van der Waals surface area contributed by atoms with Crippen LogP contribution in [0, 0.1) is 11.8 Å². The summed E-state index contributed by atoms with van der Waals surface area (Å²) in [5.74, 6) is -0.729. The van der Waals surface area contributed by atoms with Crippen molar-refractivity contribution in [3.63, 3.8) is 0 Å². The van der Waals surface area contributed by atoms with E-state index in [1.165, 1.54) is 0 Å². The van der Waals surface area contributed by atoms with Gasteiger partial charge in [-0.05, 0) is 19.1 Å². The monoisotopic (exact) mass is 321 g/mol. The van der Waals surface area contributed by atoms with Crippen LogP contribution < -0.4 is 5.32 Å². The lowest BCUT2D eigenvalue weighted by molar-refractivity contribution is -0.174. The van der Waals surface area contributed by atoms with Crippen LogP contribution in [0.5, 0.6) is 0 Å². The van der Waals surface area contributed by atoms with E-state index in [1.807, 2.05) is 37.3 Å². The Balaban J connectivity index is 1.76. The summed E-state index contributed by atoms with van der Waals surface area (Å²) in [6.45, 7) is 2.49. The second-order valence-electron chi connectivity index (χ2n) is 6.09. The van der Waals surface area contributed by atoms with Crippen molar-refractivity contribution in [2.75, 3.05) is 12.3 Å². The van der Waals surface area contributed by atoms with E-state index in [0.717, 1.165) is 4.90 Å². The largest absolute Gasteiger partial charge is 0.480 e. The maximum absolute atomic E-state index is 11.9. The number of aliphatic carboxylic acids is 1. The fourth-order valence-corrected chi connectivity index (χ4v) is 4.51. The molecule has 4 atom stereocenters. The van der Waals surface area contributed by atoms with Gasteiger partial charge in [0.25, 0.3) is 0 Å². The highest BCUT2D eigenvalue weighted by Gasteiger charge is 2.54. The minimum atomic E-state index is -0.889. The SMILES string of the molecule is CC1(CSc2ccccc2)OC(=O)C[C@@H]2[C@@H](C(=O)O)NC[C@@H]21. The Labute approximate surface area is 133 Å². The van der Waals surface area contributed by atoms with Crippen molar-refractivity contribution in [1.82, 2.24) is 5.32 Å². The van der Waals surface area contributed by atoms with Crippen molar-refractivity contribution < 1.29 is 19.4 Å². The second kappa shape index (κ2) is 5.93. The topological polar surface area (TPSA) is 75.6 Å². The normalized spacial score (nSPS) is 34.0. The van der Waals surface area contributed by atoms with Crippen molar-refractivity contribution in [2.45, 2.75) is 29.9 Å². The van der Waals surface area contributed by atoms with E-state index in [4.69, 9.17) is 4.74 Å². The average molecular weight is 321 g/mol. The van der Waals surface area contributed by atoms with E-state index in [1.54, 1.807) is 11.8 Å². The smallest absolute Gasteiger partial charge is 0.321 e. The molecule has 2 aliphatic rings. The highest BCUT2D eigenvalue weighted by atomic mass is 32.2. The summed E-state index contributed by atoms with van der Waals surface area (Å²) in [4.78, 5) is 24.4. The minimum absolute atomic E-state index is 0.0301. The van der Waals surface area contributed by atoms with Gasteiger partial charge in [0.1, 0.15) is 11.6 Å². The molecule has 2 N–H and O–H groups in total. The third-order valence-corrected chi connectivity index (χ3v) is 5.89. The molecule has 5 nitrogen and oxygen atoms in total. The molecule has 1 unspecified atom stereocenters. The molecule has 0 aromatic heterocycles. The van der Waals surface area contributed by atoms with Gasteiger partial charge >= 0.3 is 11.9 Å². The predicted molar refractivity (Wildman–Crippen MR) is 82.7 cm³/mol. The summed E-state index contributed by atoms with van der Waals surface area (Å²) in [6, 6.07) is 9.28. The Morgan fingerprint density at radius 1 is 1.45 bits per heavy atom. The summed E-state index contributed by atoms with van der Waals surface area (Å²) >= 11 is 1.63. The number of rotatable bonds is 4. The van der Waals surface area contributed by atoms with Crippen molar-refractivity contribution in [3.8, 4) is 0 Å². The zero-order chi connectivity index (χ0) is 15.7. The summed E-state index contributed by atoms with van der Waals surface area (Å²) in [6.07, 6.45) is 0.181. The van der Waals surface area contributed by atoms with E-state index < -0.39 is 17.6 Å². The molecule has 1 aromatic rings. The average Bonchev–Trinajstić information content (AvgIpc) is 2.91. The summed E-state index contributed by atoms with van der Waals surface area (Å²) < 4.78 is 5.64. The Kier molecular flexibility index (Phi) is 4.14. The molecule has 2 aliphatic heterocycles. The molecule has 2 fully saturated rings. The van der Waals surface area contributed by atoms with Gasteiger partial charge in [-0.15, -0.1) is 11.8 Å². The number of carbonyl (C=O) groups excluding carboxylic acids is 1. The molecular formula is C16H19NO4S. The van der Waals surface area contributed by atoms with Crippen LogP contribution in [-0.4, -0.2) is 41.0 Å². The van der Waals surface area contributed by atoms with Gasteiger partial charge in [-0.1, -0.05) is 18.2 Å². The van der Waals surface area contributed by atoms with Crippen molar-refractivity contribution >= 4 is 23.7 Å². The second-order valence-corrected chi connectivity index (χ2v) is 7.14. The van der Waals surface area contributed by atoms with Gasteiger partial charge < -0.3 is 15.2 Å². The molecule has 118 valence electrons. The van der Waals surface area contributed by atoms with Gasteiger partial charge in [0, 0.05) is 29.0 Å².